The number of pyridine rings is 2. The number of rotatable bonds is 3. The molecule has 0 unspecified atom stereocenters. The summed E-state index contributed by atoms with van der Waals surface area (Å²) in [6.07, 6.45) is 5.76. The number of thiophene rings is 1. The summed E-state index contributed by atoms with van der Waals surface area (Å²) in [6, 6.07) is 40.4. The Morgan fingerprint density at radius 2 is 1.30 bits per heavy atom. The molecule has 5 aromatic carbocycles. The highest BCUT2D eigenvalue weighted by Crippen LogP contribution is 2.40. The van der Waals surface area contributed by atoms with Gasteiger partial charge in [0.2, 0.25) is 0 Å². The van der Waals surface area contributed by atoms with Crippen molar-refractivity contribution >= 4 is 80.6 Å². The van der Waals surface area contributed by atoms with Crippen molar-refractivity contribution in [1.29, 1.82) is 0 Å². The highest BCUT2D eigenvalue weighted by atomic mass is 32.1. The SMILES string of the molecule is c1ccc(-n2c3ccccc3c3ccc(Oc4ccc5c6cc7sc8ccccc8c7cc6n6ccnc6c5c4)cc32)nc1. The number of hydrogen-bond donors (Lipinski definition) is 0. The topological polar surface area (TPSA) is 44.4 Å². The van der Waals surface area contributed by atoms with Gasteiger partial charge in [-0.15, -0.1) is 11.3 Å². The van der Waals surface area contributed by atoms with Gasteiger partial charge in [-0.3, -0.25) is 8.97 Å². The van der Waals surface area contributed by atoms with Crippen LogP contribution >= 0.6 is 11.3 Å². The van der Waals surface area contributed by atoms with Crippen molar-refractivity contribution in [3.8, 4) is 17.3 Å². The van der Waals surface area contributed by atoms with E-state index in [4.69, 9.17) is 9.72 Å². The third kappa shape index (κ3) is 3.34. The number of benzene rings is 5. The van der Waals surface area contributed by atoms with E-state index in [1.807, 2.05) is 48.0 Å². The van der Waals surface area contributed by atoms with Crippen LogP contribution < -0.4 is 4.74 Å². The monoisotopic (exact) mass is 582 g/mol. The molecule has 0 fully saturated rings. The third-order valence-electron chi connectivity index (χ3n) is 8.68. The highest BCUT2D eigenvalue weighted by molar-refractivity contribution is 7.25. The number of para-hydroxylation sites is 1. The smallest absolute Gasteiger partial charge is 0.145 e. The fraction of sp³-hybridized carbons (Fsp3) is 0. The fourth-order valence-electron chi connectivity index (χ4n) is 6.76. The number of imidazole rings is 1. The summed E-state index contributed by atoms with van der Waals surface area (Å²) in [7, 11) is 0. The summed E-state index contributed by atoms with van der Waals surface area (Å²) in [6.45, 7) is 0. The van der Waals surface area contributed by atoms with E-state index in [9.17, 15) is 0 Å². The van der Waals surface area contributed by atoms with Crippen LogP contribution in [0, 0.1) is 0 Å². The Labute approximate surface area is 254 Å². The molecule has 10 rings (SSSR count). The number of fused-ring (bicyclic) bond motifs is 12. The van der Waals surface area contributed by atoms with E-state index in [2.05, 4.69) is 111 Å². The Balaban J connectivity index is 1.15. The van der Waals surface area contributed by atoms with E-state index in [1.54, 1.807) is 0 Å². The minimum absolute atomic E-state index is 0.768. The van der Waals surface area contributed by atoms with Gasteiger partial charge in [-0.25, -0.2) is 9.97 Å². The zero-order valence-corrected chi connectivity index (χ0v) is 24.1. The standard InChI is InChI=1S/C38H22N4OS/c1-3-9-32-26(7-1)27-15-13-24(20-34(27)42(32)37-11-5-6-16-39-37)43-23-12-14-25-29-22-36-30(28-8-2-4-10-35(28)44-36)21-33(29)41-18-17-40-38(41)31(25)19-23/h1-22H. The van der Waals surface area contributed by atoms with Gasteiger partial charge in [-0.1, -0.05) is 42.5 Å². The van der Waals surface area contributed by atoms with Gasteiger partial charge >= 0.3 is 0 Å². The molecule has 5 aromatic heterocycles. The van der Waals surface area contributed by atoms with Crippen LogP contribution in [0.4, 0.5) is 0 Å². The molecule has 0 radical (unpaired) electrons. The first-order valence-electron chi connectivity index (χ1n) is 14.6. The van der Waals surface area contributed by atoms with E-state index >= 15 is 0 Å². The molecule has 0 atom stereocenters. The van der Waals surface area contributed by atoms with E-state index in [1.165, 1.54) is 30.9 Å². The summed E-state index contributed by atoms with van der Waals surface area (Å²) < 4.78 is 13.6. The van der Waals surface area contributed by atoms with Gasteiger partial charge in [0.15, 0.2) is 0 Å². The van der Waals surface area contributed by atoms with Gasteiger partial charge < -0.3 is 4.74 Å². The van der Waals surface area contributed by atoms with Crippen molar-refractivity contribution in [2.75, 3.05) is 0 Å². The van der Waals surface area contributed by atoms with Crippen LogP contribution in [0.1, 0.15) is 0 Å². The van der Waals surface area contributed by atoms with Crippen molar-refractivity contribution in [1.82, 2.24) is 18.9 Å². The Bertz CT molecular complexity index is 2750. The molecule has 0 N–H and O–H groups in total. The van der Waals surface area contributed by atoms with Crippen LogP contribution in [0.2, 0.25) is 0 Å². The number of aromatic nitrogens is 4. The van der Waals surface area contributed by atoms with Crippen molar-refractivity contribution in [3.63, 3.8) is 0 Å². The fourth-order valence-corrected chi connectivity index (χ4v) is 7.89. The Kier molecular flexibility index (Phi) is 4.81. The molecule has 0 saturated carbocycles. The van der Waals surface area contributed by atoms with Crippen molar-refractivity contribution in [2.45, 2.75) is 0 Å². The van der Waals surface area contributed by atoms with Crippen LogP contribution in [0.15, 0.2) is 134 Å². The van der Waals surface area contributed by atoms with Crippen LogP contribution in [-0.2, 0) is 0 Å². The summed E-state index contributed by atoms with van der Waals surface area (Å²) in [4.78, 5) is 9.45. The molecule has 0 amide bonds. The predicted octanol–water partition coefficient (Wildman–Crippen LogP) is 10.3. The van der Waals surface area contributed by atoms with Gasteiger partial charge in [-0.05, 0) is 72.1 Å². The largest absolute Gasteiger partial charge is 0.457 e. The molecular weight excluding hydrogens is 561 g/mol. The van der Waals surface area contributed by atoms with Crippen LogP contribution in [0.3, 0.4) is 0 Å². The first-order valence-corrected chi connectivity index (χ1v) is 15.4. The maximum Gasteiger partial charge on any atom is 0.145 e. The summed E-state index contributed by atoms with van der Waals surface area (Å²) in [5.41, 5.74) is 4.24. The number of nitrogens with zero attached hydrogens (tertiary/aromatic N) is 4. The Morgan fingerprint density at radius 3 is 2.20 bits per heavy atom. The first kappa shape index (κ1) is 23.8. The zero-order chi connectivity index (χ0) is 28.8. The average Bonchev–Trinajstić information content (AvgIpc) is 3.78. The maximum atomic E-state index is 6.56. The lowest BCUT2D eigenvalue weighted by molar-refractivity contribution is 0.484. The molecule has 0 aliphatic rings. The van der Waals surface area contributed by atoms with Crippen molar-refractivity contribution in [3.05, 3.63) is 134 Å². The van der Waals surface area contributed by atoms with E-state index in [0.29, 0.717) is 0 Å². The number of ether oxygens (including phenoxy) is 1. The molecule has 0 saturated heterocycles. The summed E-state index contributed by atoms with van der Waals surface area (Å²) in [5, 5.41) is 8.36. The summed E-state index contributed by atoms with van der Waals surface area (Å²) in [5.74, 6) is 2.41. The molecule has 0 aliphatic heterocycles. The molecular formula is C38H22N4OS. The lowest BCUT2D eigenvalue weighted by Crippen LogP contribution is -1.96. The minimum atomic E-state index is 0.768. The van der Waals surface area contributed by atoms with Crippen molar-refractivity contribution in [2.24, 2.45) is 0 Å². The van der Waals surface area contributed by atoms with Crippen LogP contribution in [0.25, 0.3) is 75.1 Å². The van der Waals surface area contributed by atoms with Gasteiger partial charge in [0, 0.05) is 66.4 Å². The van der Waals surface area contributed by atoms with E-state index in [-0.39, 0.29) is 0 Å². The normalized spacial score (nSPS) is 12.1. The lowest BCUT2D eigenvalue weighted by Gasteiger charge is -2.12. The molecule has 5 heterocycles. The van der Waals surface area contributed by atoms with Crippen LogP contribution in [0.5, 0.6) is 11.5 Å². The highest BCUT2D eigenvalue weighted by Gasteiger charge is 2.16. The van der Waals surface area contributed by atoms with Gasteiger partial charge in [-0.2, -0.15) is 0 Å². The maximum absolute atomic E-state index is 6.56. The number of hydrogen-bond acceptors (Lipinski definition) is 4. The van der Waals surface area contributed by atoms with Gasteiger partial charge in [0.05, 0.1) is 16.6 Å². The molecule has 10 aromatic rings. The van der Waals surface area contributed by atoms with E-state index < -0.39 is 0 Å². The third-order valence-corrected chi connectivity index (χ3v) is 9.81. The van der Waals surface area contributed by atoms with E-state index in [0.717, 1.165) is 55.7 Å². The second kappa shape index (κ2) is 8.89. The summed E-state index contributed by atoms with van der Waals surface area (Å²) >= 11 is 1.84. The zero-order valence-electron chi connectivity index (χ0n) is 23.3. The van der Waals surface area contributed by atoms with Gasteiger partial charge in [0.1, 0.15) is 23.0 Å². The molecule has 0 bridgehead atoms. The second-order valence-electron chi connectivity index (χ2n) is 11.1. The molecule has 5 nitrogen and oxygen atoms in total. The molecule has 0 spiro atoms. The van der Waals surface area contributed by atoms with Gasteiger partial charge in [0.25, 0.3) is 0 Å². The second-order valence-corrected chi connectivity index (χ2v) is 12.2. The molecule has 0 aliphatic carbocycles. The van der Waals surface area contributed by atoms with Crippen molar-refractivity contribution < 1.29 is 4.74 Å². The minimum Gasteiger partial charge on any atom is -0.457 e. The Hall–Kier alpha value is -5.72. The quantitative estimate of drug-likeness (QED) is 0.195. The molecule has 206 valence electrons. The Morgan fingerprint density at radius 1 is 0.500 bits per heavy atom. The van der Waals surface area contributed by atoms with Crippen LogP contribution in [-0.4, -0.2) is 18.9 Å². The predicted molar refractivity (Wildman–Crippen MR) is 182 cm³/mol. The lowest BCUT2D eigenvalue weighted by atomic mass is 10.0. The molecule has 44 heavy (non-hydrogen) atoms. The molecule has 6 heteroatoms. The average molecular weight is 583 g/mol. The first-order chi connectivity index (χ1) is 21.8.